The largest absolute Gasteiger partial charge is 0.437 e. The first-order valence-corrected chi connectivity index (χ1v) is 8.04. The van der Waals surface area contributed by atoms with Gasteiger partial charge in [-0.3, -0.25) is 0 Å². The van der Waals surface area contributed by atoms with Gasteiger partial charge in [0, 0.05) is 11.8 Å². The van der Waals surface area contributed by atoms with E-state index in [1.54, 1.807) is 0 Å². The minimum absolute atomic E-state index is 0.158. The Bertz CT molecular complexity index is 914. The van der Waals surface area contributed by atoms with Gasteiger partial charge in [-0.1, -0.05) is 26.0 Å². The van der Waals surface area contributed by atoms with E-state index in [0.717, 1.165) is 12.1 Å². The number of nitrogens with zero attached hydrogens (tertiary/aromatic N) is 2. The van der Waals surface area contributed by atoms with Crippen LogP contribution in [-0.4, -0.2) is 9.97 Å². The average Bonchev–Trinajstić information content (AvgIpc) is 2.62. The molecule has 0 radical (unpaired) electrons. The summed E-state index contributed by atoms with van der Waals surface area (Å²) in [5.74, 6) is -0.495. The molecule has 0 aliphatic rings. The van der Waals surface area contributed by atoms with Crippen molar-refractivity contribution in [1.82, 2.24) is 9.97 Å². The lowest BCUT2D eigenvalue weighted by Gasteiger charge is -2.12. The van der Waals surface area contributed by atoms with E-state index in [4.69, 9.17) is 10.5 Å². The van der Waals surface area contributed by atoms with Crippen LogP contribution in [0, 0.1) is 11.6 Å². The molecular formula is C19H18F2N4O. The van der Waals surface area contributed by atoms with E-state index in [9.17, 15) is 8.78 Å². The molecule has 0 amide bonds. The zero-order valence-electron chi connectivity index (χ0n) is 14.3. The van der Waals surface area contributed by atoms with Gasteiger partial charge in [0.15, 0.2) is 17.5 Å². The number of nitrogens with one attached hydrogen (secondary N) is 1. The van der Waals surface area contributed by atoms with Gasteiger partial charge in [-0.15, -0.1) is 0 Å². The van der Waals surface area contributed by atoms with Crippen LogP contribution in [0.4, 0.5) is 26.0 Å². The van der Waals surface area contributed by atoms with Gasteiger partial charge in [0.25, 0.3) is 0 Å². The fraction of sp³-hybridized carbons (Fsp3) is 0.158. The summed E-state index contributed by atoms with van der Waals surface area (Å²) < 4.78 is 32.1. The molecule has 3 aromatic rings. The zero-order chi connectivity index (χ0) is 18.7. The Morgan fingerprint density at radius 1 is 1.00 bits per heavy atom. The number of aromatic nitrogens is 2. The number of nitrogen functional groups attached to an aromatic ring is 1. The van der Waals surface area contributed by atoms with Crippen LogP contribution in [-0.2, 0) is 0 Å². The second-order valence-electron chi connectivity index (χ2n) is 6.02. The summed E-state index contributed by atoms with van der Waals surface area (Å²) in [7, 11) is 0. The van der Waals surface area contributed by atoms with Gasteiger partial charge in [0.2, 0.25) is 5.88 Å². The molecule has 0 bridgehead atoms. The Kier molecular flexibility index (Phi) is 4.97. The Balaban J connectivity index is 1.81. The summed E-state index contributed by atoms with van der Waals surface area (Å²) in [6, 6.07) is 11.0. The van der Waals surface area contributed by atoms with E-state index >= 15 is 0 Å². The van der Waals surface area contributed by atoms with E-state index in [1.807, 2.05) is 24.3 Å². The van der Waals surface area contributed by atoms with E-state index in [1.165, 1.54) is 18.0 Å². The van der Waals surface area contributed by atoms with Crippen molar-refractivity contribution in [3.05, 3.63) is 66.0 Å². The third kappa shape index (κ3) is 3.88. The molecule has 0 aliphatic carbocycles. The van der Waals surface area contributed by atoms with Gasteiger partial charge in [-0.25, -0.2) is 13.8 Å². The lowest BCUT2D eigenvalue weighted by atomic mass is 10.0. The van der Waals surface area contributed by atoms with Crippen molar-refractivity contribution in [1.29, 1.82) is 0 Å². The summed E-state index contributed by atoms with van der Waals surface area (Å²) in [5, 5.41) is 2.83. The van der Waals surface area contributed by atoms with Crippen LogP contribution in [0.5, 0.6) is 11.6 Å². The molecule has 2 aromatic carbocycles. The molecule has 0 fully saturated rings. The van der Waals surface area contributed by atoms with E-state index in [2.05, 4.69) is 29.1 Å². The highest BCUT2D eigenvalue weighted by molar-refractivity contribution is 5.72. The van der Waals surface area contributed by atoms with E-state index in [-0.39, 0.29) is 17.4 Å². The second-order valence-corrected chi connectivity index (χ2v) is 6.02. The smallest absolute Gasteiger partial charge is 0.248 e. The number of ether oxygens (including phenoxy) is 1. The molecule has 1 heterocycles. The van der Waals surface area contributed by atoms with Crippen LogP contribution in [0.15, 0.2) is 48.8 Å². The van der Waals surface area contributed by atoms with E-state index < -0.39 is 11.6 Å². The number of benzene rings is 2. The lowest BCUT2D eigenvalue weighted by Crippen LogP contribution is -2.03. The maximum atomic E-state index is 13.3. The monoisotopic (exact) mass is 356 g/mol. The molecule has 0 saturated carbocycles. The topological polar surface area (TPSA) is 73.1 Å². The van der Waals surface area contributed by atoms with Gasteiger partial charge in [0.1, 0.15) is 17.8 Å². The lowest BCUT2D eigenvalue weighted by molar-refractivity contribution is 0.464. The number of anilines is 3. The predicted octanol–water partition coefficient (Wildman–Crippen LogP) is 5.00. The van der Waals surface area contributed by atoms with Crippen LogP contribution in [0.2, 0.25) is 0 Å². The van der Waals surface area contributed by atoms with Crippen molar-refractivity contribution in [2.24, 2.45) is 0 Å². The Labute approximate surface area is 149 Å². The number of hydrogen-bond donors (Lipinski definition) is 2. The van der Waals surface area contributed by atoms with Gasteiger partial charge in [-0.2, -0.15) is 4.98 Å². The summed E-state index contributed by atoms with van der Waals surface area (Å²) in [5.41, 5.74) is 7.70. The number of hydrogen-bond acceptors (Lipinski definition) is 5. The van der Waals surface area contributed by atoms with Gasteiger partial charge >= 0.3 is 0 Å². The first-order valence-electron chi connectivity index (χ1n) is 8.04. The number of halogens is 2. The number of nitrogens with two attached hydrogens (primary N) is 1. The minimum atomic E-state index is -0.968. The van der Waals surface area contributed by atoms with E-state index in [0.29, 0.717) is 17.4 Å². The molecular weight excluding hydrogens is 338 g/mol. The number of rotatable bonds is 5. The molecule has 134 valence electrons. The first-order chi connectivity index (χ1) is 12.4. The SMILES string of the molecule is CC(C)c1ccc(Oc2ncnc(Nc3ccc(F)c(F)c3)c2N)cc1. The van der Waals surface area contributed by atoms with Gasteiger partial charge in [-0.05, 0) is 35.7 Å². The van der Waals surface area contributed by atoms with Crippen LogP contribution in [0.3, 0.4) is 0 Å². The molecule has 3 rings (SSSR count). The molecule has 1 aromatic heterocycles. The molecule has 3 N–H and O–H groups in total. The van der Waals surface area contributed by atoms with Crippen molar-refractivity contribution < 1.29 is 13.5 Å². The van der Waals surface area contributed by atoms with Crippen molar-refractivity contribution >= 4 is 17.2 Å². The Hall–Kier alpha value is -3.22. The standard InChI is InChI=1S/C19H18F2N4O/c1-11(2)12-3-6-14(7-4-12)26-19-17(22)18(23-10-24-19)25-13-5-8-15(20)16(21)9-13/h3-11H,22H2,1-2H3,(H,23,24,25). The van der Waals surface area contributed by atoms with Crippen molar-refractivity contribution in [2.45, 2.75) is 19.8 Å². The van der Waals surface area contributed by atoms with Crippen LogP contribution in [0.1, 0.15) is 25.3 Å². The molecule has 0 spiro atoms. The maximum Gasteiger partial charge on any atom is 0.248 e. The predicted molar refractivity (Wildman–Crippen MR) is 96.7 cm³/mol. The fourth-order valence-corrected chi connectivity index (χ4v) is 2.30. The summed E-state index contributed by atoms with van der Waals surface area (Å²) in [6.45, 7) is 4.21. The third-order valence-corrected chi connectivity index (χ3v) is 3.79. The van der Waals surface area contributed by atoms with Crippen molar-refractivity contribution in [3.63, 3.8) is 0 Å². The van der Waals surface area contributed by atoms with Crippen LogP contribution in [0.25, 0.3) is 0 Å². The van der Waals surface area contributed by atoms with Crippen molar-refractivity contribution in [3.8, 4) is 11.6 Å². The fourth-order valence-electron chi connectivity index (χ4n) is 2.30. The molecule has 5 nitrogen and oxygen atoms in total. The molecule has 0 saturated heterocycles. The summed E-state index contributed by atoms with van der Waals surface area (Å²) in [4.78, 5) is 8.05. The zero-order valence-corrected chi connectivity index (χ0v) is 14.3. The van der Waals surface area contributed by atoms with Crippen LogP contribution >= 0.6 is 0 Å². The van der Waals surface area contributed by atoms with Crippen molar-refractivity contribution in [2.75, 3.05) is 11.1 Å². The second kappa shape index (κ2) is 7.35. The maximum absolute atomic E-state index is 13.3. The van der Waals surface area contributed by atoms with Gasteiger partial charge in [0.05, 0.1) is 0 Å². The van der Waals surface area contributed by atoms with Crippen LogP contribution < -0.4 is 15.8 Å². The molecule has 0 atom stereocenters. The molecule has 0 unspecified atom stereocenters. The Morgan fingerprint density at radius 2 is 1.73 bits per heavy atom. The highest BCUT2D eigenvalue weighted by Gasteiger charge is 2.12. The highest BCUT2D eigenvalue weighted by atomic mass is 19.2. The molecule has 26 heavy (non-hydrogen) atoms. The minimum Gasteiger partial charge on any atom is -0.437 e. The third-order valence-electron chi connectivity index (χ3n) is 3.79. The molecule has 0 aliphatic heterocycles. The van der Waals surface area contributed by atoms with Gasteiger partial charge < -0.3 is 15.8 Å². The summed E-state index contributed by atoms with van der Waals surface area (Å²) in [6.07, 6.45) is 1.27. The summed E-state index contributed by atoms with van der Waals surface area (Å²) >= 11 is 0. The average molecular weight is 356 g/mol. The first kappa shape index (κ1) is 17.6. The normalized spacial score (nSPS) is 10.8. The Morgan fingerprint density at radius 3 is 2.38 bits per heavy atom. The quantitative estimate of drug-likeness (QED) is 0.673. The highest BCUT2D eigenvalue weighted by Crippen LogP contribution is 2.31. The molecule has 7 heteroatoms.